The average Bonchev–Trinajstić information content (AvgIpc) is 3.49. The van der Waals surface area contributed by atoms with E-state index >= 15 is 0 Å². The van der Waals surface area contributed by atoms with E-state index in [-0.39, 0.29) is 0 Å². The zero-order chi connectivity index (χ0) is 22.5. The van der Waals surface area contributed by atoms with E-state index in [1.165, 1.54) is 27.2 Å². The Labute approximate surface area is 196 Å². The molecule has 0 amide bonds. The van der Waals surface area contributed by atoms with Gasteiger partial charge in [-0.1, -0.05) is 48.5 Å². The number of para-hydroxylation sites is 2. The van der Waals surface area contributed by atoms with Gasteiger partial charge in [-0.3, -0.25) is 9.55 Å². The first-order valence-electron chi connectivity index (χ1n) is 11.3. The summed E-state index contributed by atoms with van der Waals surface area (Å²) in [6.07, 6.45) is 7.73. The second-order valence-corrected chi connectivity index (χ2v) is 8.41. The van der Waals surface area contributed by atoms with Crippen molar-refractivity contribution < 1.29 is 0 Å². The Kier molecular flexibility index (Phi) is 4.11. The molecular weight excluding hydrogens is 416 g/mol. The Morgan fingerprint density at radius 3 is 2.35 bits per heavy atom. The summed E-state index contributed by atoms with van der Waals surface area (Å²) in [5.74, 6) is 0.896. The summed E-state index contributed by atoms with van der Waals surface area (Å²) in [6.45, 7) is 0. The predicted octanol–water partition coefficient (Wildman–Crippen LogP) is 7.18. The fourth-order valence-corrected chi connectivity index (χ4v) is 4.98. The van der Waals surface area contributed by atoms with E-state index in [0.717, 1.165) is 28.1 Å². The van der Waals surface area contributed by atoms with Crippen molar-refractivity contribution in [1.29, 1.82) is 0 Å². The Morgan fingerprint density at radius 2 is 1.47 bits per heavy atom. The van der Waals surface area contributed by atoms with Gasteiger partial charge in [-0.05, 0) is 54.1 Å². The summed E-state index contributed by atoms with van der Waals surface area (Å²) in [6, 6.07) is 33.9. The molecule has 0 aliphatic carbocycles. The first-order chi connectivity index (χ1) is 16.9. The molecule has 0 atom stereocenters. The van der Waals surface area contributed by atoms with Crippen LogP contribution in [0.25, 0.3) is 55.3 Å². The Morgan fingerprint density at radius 1 is 0.588 bits per heavy atom. The van der Waals surface area contributed by atoms with E-state index in [1.807, 2.05) is 30.6 Å². The van der Waals surface area contributed by atoms with Crippen LogP contribution in [-0.2, 0) is 0 Å². The van der Waals surface area contributed by atoms with Crippen LogP contribution >= 0.6 is 0 Å². The van der Waals surface area contributed by atoms with Gasteiger partial charge in [-0.2, -0.15) is 0 Å². The molecule has 4 aromatic heterocycles. The number of pyridine rings is 2. The lowest BCUT2D eigenvalue weighted by molar-refractivity contribution is 1.08. The predicted molar refractivity (Wildman–Crippen MR) is 139 cm³/mol. The van der Waals surface area contributed by atoms with Gasteiger partial charge in [0.05, 0.1) is 16.6 Å². The number of nitrogens with zero attached hydrogens (tertiary/aromatic N) is 4. The van der Waals surface area contributed by atoms with Crippen molar-refractivity contribution >= 4 is 32.7 Å². The van der Waals surface area contributed by atoms with Gasteiger partial charge in [-0.25, -0.2) is 4.98 Å². The normalized spacial score (nSPS) is 11.5. The van der Waals surface area contributed by atoms with Crippen LogP contribution in [0.1, 0.15) is 0 Å². The van der Waals surface area contributed by atoms with E-state index in [2.05, 4.69) is 99.2 Å². The maximum Gasteiger partial charge on any atom is 0.138 e. The molecule has 7 rings (SSSR count). The summed E-state index contributed by atoms with van der Waals surface area (Å²) < 4.78 is 4.54. The monoisotopic (exact) mass is 436 g/mol. The molecule has 0 saturated carbocycles. The largest absolute Gasteiger partial charge is 0.316 e. The van der Waals surface area contributed by atoms with Gasteiger partial charge in [0.25, 0.3) is 0 Å². The van der Waals surface area contributed by atoms with Gasteiger partial charge in [0.15, 0.2) is 0 Å². The van der Waals surface area contributed by atoms with Gasteiger partial charge in [0, 0.05) is 52.2 Å². The van der Waals surface area contributed by atoms with Crippen LogP contribution in [0.4, 0.5) is 0 Å². The van der Waals surface area contributed by atoms with Crippen molar-refractivity contribution in [2.24, 2.45) is 0 Å². The van der Waals surface area contributed by atoms with Crippen molar-refractivity contribution in [1.82, 2.24) is 19.1 Å². The lowest BCUT2D eigenvalue weighted by Crippen LogP contribution is -1.98. The second kappa shape index (κ2) is 7.42. The number of rotatable bonds is 3. The van der Waals surface area contributed by atoms with E-state index < -0.39 is 0 Å². The lowest BCUT2D eigenvalue weighted by Gasteiger charge is -2.10. The number of fused-ring (bicyclic) bond motifs is 5. The molecule has 34 heavy (non-hydrogen) atoms. The van der Waals surface area contributed by atoms with E-state index in [9.17, 15) is 0 Å². The minimum Gasteiger partial charge on any atom is -0.316 e. The third kappa shape index (κ3) is 2.79. The molecule has 0 saturated heterocycles. The first-order valence-corrected chi connectivity index (χ1v) is 11.3. The number of hydrogen-bond acceptors (Lipinski definition) is 2. The molecule has 0 N–H and O–H groups in total. The van der Waals surface area contributed by atoms with Crippen molar-refractivity contribution in [3.05, 3.63) is 122 Å². The Hall–Kier alpha value is -4.70. The molecule has 4 nitrogen and oxygen atoms in total. The highest BCUT2D eigenvalue weighted by molar-refractivity contribution is 6.18. The standard InChI is InChI=1S/C30H20N4/c1-2-8-23(9-3-1)33-18-15-26-27(33)13-12-25-24-10-4-5-11-28(24)34(30(25)26)29-19-21(14-17-32-29)22-7-6-16-31-20-22/h1-20H. The summed E-state index contributed by atoms with van der Waals surface area (Å²) in [7, 11) is 0. The molecule has 0 unspecified atom stereocenters. The highest BCUT2D eigenvalue weighted by atomic mass is 15.1. The quantitative estimate of drug-likeness (QED) is 0.294. The molecule has 4 heterocycles. The second-order valence-electron chi connectivity index (χ2n) is 8.41. The van der Waals surface area contributed by atoms with E-state index in [4.69, 9.17) is 4.98 Å². The highest BCUT2D eigenvalue weighted by Crippen LogP contribution is 2.37. The smallest absolute Gasteiger partial charge is 0.138 e. The maximum absolute atomic E-state index is 4.82. The first kappa shape index (κ1) is 18.8. The molecule has 0 fully saturated rings. The fraction of sp³-hybridized carbons (Fsp3) is 0. The van der Waals surface area contributed by atoms with Gasteiger partial charge in [-0.15, -0.1) is 0 Å². The molecule has 0 bridgehead atoms. The molecule has 3 aromatic carbocycles. The Balaban J connectivity index is 1.56. The molecular formula is C30H20N4. The van der Waals surface area contributed by atoms with Crippen LogP contribution in [0.15, 0.2) is 122 Å². The van der Waals surface area contributed by atoms with Crippen LogP contribution in [-0.4, -0.2) is 19.1 Å². The SMILES string of the molecule is c1ccc(-n2ccc3c2ccc2c4ccccc4n(-c4cc(-c5cccnc5)ccn4)c23)cc1. The van der Waals surface area contributed by atoms with E-state index in [0.29, 0.717) is 0 Å². The van der Waals surface area contributed by atoms with Crippen LogP contribution in [0.3, 0.4) is 0 Å². The summed E-state index contributed by atoms with van der Waals surface area (Å²) in [4.78, 5) is 9.11. The van der Waals surface area contributed by atoms with Crippen LogP contribution in [0.2, 0.25) is 0 Å². The number of aromatic nitrogens is 4. The molecule has 0 aliphatic heterocycles. The summed E-state index contributed by atoms with van der Waals surface area (Å²) in [5.41, 5.74) is 6.81. The van der Waals surface area contributed by atoms with Crippen molar-refractivity contribution in [3.63, 3.8) is 0 Å². The van der Waals surface area contributed by atoms with Gasteiger partial charge >= 0.3 is 0 Å². The van der Waals surface area contributed by atoms with Crippen LogP contribution < -0.4 is 0 Å². The zero-order valence-corrected chi connectivity index (χ0v) is 18.3. The van der Waals surface area contributed by atoms with Gasteiger partial charge in [0.1, 0.15) is 5.82 Å². The summed E-state index contributed by atoms with van der Waals surface area (Å²) in [5, 5.41) is 3.65. The van der Waals surface area contributed by atoms with Gasteiger partial charge in [0.2, 0.25) is 0 Å². The molecule has 7 aromatic rings. The third-order valence-electron chi connectivity index (χ3n) is 6.51. The zero-order valence-electron chi connectivity index (χ0n) is 18.3. The molecule has 0 spiro atoms. The maximum atomic E-state index is 4.82. The van der Waals surface area contributed by atoms with Crippen molar-refractivity contribution in [3.8, 4) is 22.6 Å². The minimum absolute atomic E-state index is 0.896. The van der Waals surface area contributed by atoms with Gasteiger partial charge < -0.3 is 4.57 Å². The topological polar surface area (TPSA) is 35.6 Å². The minimum atomic E-state index is 0.896. The lowest BCUT2D eigenvalue weighted by atomic mass is 10.1. The number of hydrogen-bond donors (Lipinski definition) is 0. The third-order valence-corrected chi connectivity index (χ3v) is 6.51. The molecule has 0 aliphatic rings. The molecule has 0 radical (unpaired) electrons. The van der Waals surface area contributed by atoms with Crippen LogP contribution in [0.5, 0.6) is 0 Å². The highest BCUT2D eigenvalue weighted by Gasteiger charge is 2.17. The van der Waals surface area contributed by atoms with E-state index in [1.54, 1.807) is 6.20 Å². The Bertz CT molecular complexity index is 1790. The van der Waals surface area contributed by atoms with Crippen molar-refractivity contribution in [2.45, 2.75) is 0 Å². The van der Waals surface area contributed by atoms with Crippen molar-refractivity contribution in [2.75, 3.05) is 0 Å². The number of benzene rings is 3. The van der Waals surface area contributed by atoms with Crippen LogP contribution in [0, 0.1) is 0 Å². The average molecular weight is 437 g/mol. The molecule has 4 heteroatoms. The summed E-state index contributed by atoms with van der Waals surface area (Å²) >= 11 is 0. The molecule has 160 valence electrons. The fourth-order valence-electron chi connectivity index (χ4n) is 4.98.